The molecule has 1 aromatic carbocycles. The van der Waals surface area contributed by atoms with Gasteiger partial charge in [-0.3, -0.25) is 9.48 Å². The zero-order valence-corrected chi connectivity index (χ0v) is 17.7. The summed E-state index contributed by atoms with van der Waals surface area (Å²) in [6, 6.07) is 4.82. The van der Waals surface area contributed by atoms with Crippen molar-refractivity contribution in [2.75, 3.05) is 11.9 Å². The van der Waals surface area contributed by atoms with Gasteiger partial charge in [-0.15, -0.1) is 0 Å². The van der Waals surface area contributed by atoms with Gasteiger partial charge in [-0.05, 0) is 39.0 Å². The molecule has 0 atom stereocenters. The number of ether oxygens (including phenoxy) is 1. The van der Waals surface area contributed by atoms with Crippen LogP contribution in [0.5, 0.6) is 0 Å². The van der Waals surface area contributed by atoms with Crippen LogP contribution in [0, 0.1) is 0 Å². The van der Waals surface area contributed by atoms with E-state index in [1.165, 1.54) is 0 Å². The van der Waals surface area contributed by atoms with Gasteiger partial charge in [0.2, 0.25) is 0 Å². The van der Waals surface area contributed by atoms with Crippen LogP contribution in [0.2, 0.25) is 10.0 Å². The van der Waals surface area contributed by atoms with E-state index in [0.717, 1.165) is 5.69 Å². The van der Waals surface area contributed by atoms with Gasteiger partial charge in [0.1, 0.15) is 5.60 Å². The Hall–Kier alpha value is -2.25. The Bertz CT molecular complexity index is 934. The van der Waals surface area contributed by atoms with E-state index in [0.29, 0.717) is 34.3 Å². The number of anilines is 1. The number of carbonyl (C=O) groups excluding carboxylic acids is 2. The first-order chi connectivity index (χ1) is 13.0. The molecule has 2 amide bonds. The lowest BCUT2D eigenvalue weighted by Crippen LogP contribution is -2.40. The molecule has 0 unspecified atom stereocenters. The van der Waals surface area contributed by atoms with E-state index in [9.17, 15) is 9.59 Å². The summed E-state index contributed by atoms with van der Waals surface area (Å²) in [5, 5.41) is 7.93. The van der Waals surface area contributed by atoms with Crippen LogP contribution in [0.15, 0.2) is 18.2 Å². The van der Waals surface area contributed by atoms with Crippen molar-refractivity contribution in [3.63, 3.8) is 0 Å². The van der Waals surface area contributed by atoms with E-state index in [-0.39, 0.29) is 12.2 Å². The number of amides is 2. The lowest BCUT2D eigenvalue weighted by molar-refractivity contribution is 0.0222. The van der Waals surface area contributed by atoms with Crippen LogP contribution in [0.25, 0.3) is 0 Å². The standard InChI is InChI=1S/C19H22Cl2N4O3/c1-19(2,3)28-18(27)25-8-7-15-12(10-25)16(23-24(15)4)17(26)22-14-6-5-11(20)9-13(14)21/h5-6,9H,7-8,10H2,1-4H3,(H,22,26). The quantitative estimate of drug-likeness (QED) is 0.780. The third-order valence-corrected chi connectivity index (χ3v) is 4.84. The van der Waals surface area contributed by atoms with E-state index in [1.54, 1.807) is 34.8 Å². The molecule has 0 fully saturated rings. The third-order valence-electron chi connectivity index (χ3n) is 4.29. The number of benzene rings is 1. The highest BCUT2D eigenvalue weighted by Crippen LogP contribution is 2.28. The number of aryl methyl sites for hydroxylation is 1. The summed E-state index contributed by atoms with van der Waals surface area (Å²) in [4.78, 5) is 26.8. The van der Waals surface area contributed by atoms with Crippen molar-refractivity contribution in [3.8, 4) is 0 Å². The van der Waals surface area contributed by atoms with Gasteiger partial charge < -0.3 is 15.0 Å². The lowest BCUT2D eigenvalue weighted by Gasteiger charge is -2.30. The fraction of sp³-hybridized carbons (Fsp3) is 0.421. The summed E-state index contributed by atoms with van der Waals surface area (Å²) >= 11 is 12.0. The molecule has 2 aromatic rings. The van der Waals surface area contributed by atoms with Crippen molar-refractivity contribution in [1.29, 1.82) is 0 Å². The predicted octanol–water partition coefficient (Wildman–Crippen LogP) is 4.27. The van der Waals surface area contributed by atoms with Crippen LogP contribution >= 0.6 is 23.2 Å². The molecule has 0 spiro atoms. The van der Waals surface area contributed by atoms with Crippen LogP contribution in [-0.4, -0.2) is 38.8 Å². The van der Waals surface area contributed by atoms with Crippen molar-refractivity contribution < 1.29 is 14.3 Å². The first-order valence-electron chi connectivity index (χ1n) is 8.84. The molecular weight excluding hydrogens is 403 g/mol. The third kappa shape index (κ3) is 4.42. The SMILES string of the molecule is Cn1nc(C(=O)Nc2ccc(Cl)cc2Cl)c2c1CCN(C(=O)OC(C)(C)C)C2. The van der Waals surface area contributed by atoms with E-state index in [2.05, 4.69) is 10.4 Å². The first kappa shape index (κ1) is 20.5. The summed E-state index contributed by atoms with van der Waals surface area (Å²) in [6.07, 6.45) is 0.182. The van der Waals surface area contributed by atoms with Gasteiger partial charge >= 0.3 is 6.09 Å². The molecule has 0 saturated heterocycles. The maximum Gasteiger partial charge on any atom is 0.410 e. The average molecular weight is 425 g/mol. The van der Waals surface area contributed by atoms with Gasteiger partial charge in [0.15, 0.2) is 5.69 Å². The number of nitrogens with one attached hydrogen (secondary N) is 1. The minimum absolute atomic E-state index is 0.259. The smallest absolute Gasteiger partial charge is 0.410 e. The molecule has 28 heavy (non-hydrogen) atoms. The fourth-order valence-corrected chi connectivity index (χ4v) is 3.49. The Labute approximate surface area is 173 Å². The molecule has 0 radical (unpaired) electrons. The molecule has 1 N–H and O–H groups in total. The minimum Gasteiger partial charge on any atom is -0.444 e. The molecule has 0 bridgehead atoms. The zero-order chi connectivity index (χ0) is 20.6. The molecule has 1 aromatic heterocycles. The van der Waals surface area contributed by atoms with Crippen LogP contribution in [-0.2, 0) is 24.8 Å². The Morgan fingerprint density at radius 3 is 2.61 bits per heavy atom. The van der Waals surface area contributed by atoms with Gasteiger partial charge in [0.25, 0.3) is 5.91 Å². The molecule has 9 heteroatoms. The average Bonchev–Trinajstić information content (AvgIpc) is 2.92. The molecule has 1 aliphatic rings. The van der Waals surface area contributed by atoms with Crippen molar-refractivity contribution in [1.82, 2.24) is 14.7 Å². The predicted molar refractivity (Wildman–Crippen MR) is 108 cm³/mol. The number of carbonyl (C=O) groups is 2. The van der Waals surface area contributed by atoms with Crippen LogP contribution in [0.4, 0.5) is 10.5 Å². The molecule has 7 nitrogen and oxygen atoms in total. The summed E-state index contributed by atoms with van der Waals surface area (Å²) in [6.45, 7) is 6.22. The number of rotatable bonds is 2. The summed E-state index contributed by atoms with van der Waals surface area (Å²) in [7, 11) is 1.79. The summed E-state index contributed by atoms with van der Waals surface area (Å²) in [5.74, 6) is -0.396. The maximum atomic E-state index is 12.8. The van der Waals surface area contributed by atoms with Gasteiger partial charge in [0.05, 0.1) is 17.3 Å². The van der Waals surface area contributed by atoms with Gasteiger partial charge in [-0.1, -0.05) is 23.2 Å². The molecule has 3 rings (SSSR count). The number of aromatic nitrogens is 2. The normalized spacial score (nSPS) is 13.9. The topological polar surface area (TPSA) is 76.5 Å². The summed E-state index contributed by atoms with van der Waals surface area (Å²) < 4.78 is 7.13. The maximum absolute atomic E-state index is 12.8. The Morgan fingerprint density at radius 1 is 1.25 bits per heavy atom. The molecule has 2 heterocycles. The van der Waals surface area contributed by atoms with Gasteiger partial charge in [0, 0.05) is 36.3 Å². The number of halogens is 2. The van der Waals surface area contributed by atoms with Crippen LogP contribution in [0.3, 0.4) is 0 Å². The van der Waals surface area contributed by atoms with E-state index in [4.69, 9.17) is 27.9 Å². The van der Waals surface area contributed by atoms with Gasteiger partial charge in [-0.2, -0.15) is 5.10 Å². The van der Waals surface area contributed by atoms with Crippen molar-refractivity contribution in [2.45, 2.75) is 39.3 Å². The number of hydrogen-bond acceptors (Lipinski definition) is 4. The highest BCUT2D eigenvalue weighted by Gasteiger charge is 2.31. The monoisotopic (exact) mass is 424 g/mol. The Morgan fingerprint density at radius 2 is 1.96 bits per heavy atom. The zero-order valence-electron chi connectivity index (χ0n) is 16.2. The van der Waals surface area contributed by atoms with E-state index >= 15 is 0 Å². The molecule has 0 saturated carbocycles. The second-order valence-corrected chi connectivity index (χ2v) is 8.47. The van der Waals surface area contributed by atoms with Crippen LogP contribution in [0.1, 0.15) is 42.5 Å². The molecule has 1 aliphatic heterocycles. The van der Waals surface area contributed by atoms with Gasteiger partial charge in [-0.25, -0.2) is 4.79 Å². The minimum atomic E-state index is -0.585. The lowest BCUT2D eigenvalue weighted by atomic mass is 10.0. The number of hydrogen-bond donors (Lipinski definition) is 1. The molecular formula is C19H22Cl2N4O3. The van der Waals surface area contributed by atoms with Crippen LogP contribution < -0.4 is 5.32 Å². The number of fused-ring (bicyclic) bond motifs is 1. The summed E-state index contributed by atoms with van der Waals surface area (Å²) in [5.41, 5.74) is 1.75. The number of nitrogens with zero attached hydrogens (tertiary/aromatic N) is 3. The first-order valence-corrected chi connectivity index (χ1v) is 9.60. The molecule has 0 aliphatic carbocycles. The largest absolute Gasteiger partial charge is 0.444 e. The van der Waals surface area contributed by atoms with E-state index < -0.39 is 17.6 Å². The van der Waals surface area contributed by atoms with Crippen molar-refractivity contribution >= 4 is 40.9 Å². The Kier molecular flexibility index (Phi) is 5.59. The Balaban J connectivity index is 1.83. The van der Waals surface area contributed by atoms with Crippen molar-refractivity contribution in [3.05, 3.63) is 45.2 Å². The second kappa shape index (κ2) is 7.64. The highest BCUT2D eigenvalue weighted by atomic mass is 35.5. The fourth-order valence-electron chi connectivity index (χ4n) is 3.03. The second-order valence-electron chi connectivity index (χ2n) is 7.63. The molecule has 150 valence electrons. The van der Waals surface area contributed by atoms with Crippen molar-refractivity contribution in [2.24, 2.45) is 7.05 Å². The van der Waals surface area contributed by atoms with E-state index in [1.807, 2.05) is 20.8 Å². The highest BCUT2D eigenvalue weighted by molar-refractivity contribution is 6.36.